The van der Waals surface area contributed by atoms with E-state index < -0.39 is 0 Å². The Morgan fingerprint density at radius 2 is 2.00 bits per heavy atom. The highest BCUT2D eigenvalue weighted by Gasteiger charge is 2.18. The zero-order chi connectivity index (χ0) is 11.0. The molecule has 3 rings (SSSR count). The first-order valence-electron chi connectivity index (χ1n) is 6.20. The van der Waals surface area contributed by atoms with Crippen molar-refractivity contribution in [1.29, 1.82) is 0 Å². The lowest BCUT2D eigenvalue weighted by molar-refractivity contribution is 0.443. The number of thiazole rings is 1. The third-order valence-corrected chi connectivity index (χ3v) is 4.70. The lowest BCUT2D eigenvalue weighted by atomic mass is 9.90. The quantitative estimate of drug-likeness (QED) is 0.696. The van der Waals surface area contributed by atoms with Crippen LogP contribution in [0.1, 0.15) is 48.6 Å². The van der Waals surface area contributed by atoms with Gasteiger partial charge in [0.05, 0.1) is 15.2 Å². The highest BCUT2D eigenvalue weighted by molar-refractivity contribution is 7.18. The number of aromatic nitrogens is 1. The zero-order valence-corrected chi connectivity index (χ0v) is 10.5. The Morgan fingerprint density at radius 1 is 1.19 bits per heavy atom. The van der Waals surface area contributed by atoms with Crippen molar-refractivity contribution in [2.75, 3.05) is 0 Å². The van der Waals surface area contributed by atoms with Crippen molar-refractivity contribution in [2.24, 2.45) is 0 Å². The van der Waals surface area contributed by atoms with Crippen molar-refractivity contribution in [3.8, 4) is 0 Å². The Balaban J connectivity index is 1.97. The summed E-state index contributed by atoms with van der Waals surface area (Å²) in [6.07, 6.45) is 6.89. The maximum Gasteiger partial charge on any atom is 0.0969 e. The smallest absolute Gasteiger partial charge is 0.0969 e. The molecule has 0 atom stereocenters. The topological polar surface area (TPSA) is 12.9 Å². The van der Waals surface area contributed by atoms with Gasteiger partial charge in [-0.25, -0.2) is 4.98 Å². The van der Waals surface area contributed by atoms with E-state index in [2.05, 4.69) is 25.1 Å². The molecule has 1 fully saturated rings. The van der Waals surface area contributed by atoms with Crippen molar-refractivity contribution < 1.29 is 0 Å². The van der Waals surface area contributed by atoms with Gasteiger partial charge in [0.25, 0.3) is 0 Å². The van der Waals surface area contributed by atoms with Gasteiger partial charge in [0, 0.05) is 5.92 Å². The van der Waals surface area contributed by atoms with Gasteiger partial charge in [-0.3, -0.25) is 0 Å². The van der Waals surface area contributed by atoms with E-state index in [1.165, 1.54) is 52.9 Å². The van der Waals surface area contributed by atoms with E-state index in [0.717, 1.165) is 5.92 Å². The summed E-state index contributed by atoms with van der Waals surface area (Å²) in [6, 6.07) is 6.58. The van der Waals surface area contributed by atoms with E-state index in [1.54, 1.807) is 0 Å². The fraction of sp³-hybridized carbons (Fsp3) is 0.500. The number of nitrogens with zero attached hydrogens (tertiary/aromatic N) is 1. The summed E-state index contributed by atoms with van der Waals surface area (Å²) in [5.41, 5.74) is 2.53. The second-order valence-electron chi connectivity index (χ2n) is 4.86. The standard InChI is InChI=1S/C14H17NS/c1-10-7-8-12-13(9-10)16-14(15-12)11-5-3-2-4-6-11/h7-9,11H,2-6H2,1H3. The number of hydrogen-bond acceptors (Lipinski definition) is 2. The molecule has 0 bridgehead atoms. The van der Waals surface area contributed by atoms with Crippen LogP contribution >= 0.6 is 11.3 Å². The Labute approximate surface area is 101 Å². The van der Waals surface area contributed by atoms with Crippen LogP contribution in [0.5, 0.6) is 0 Å². The fourth-order valence-corrected chi connectivity index (χ4v) is 3.81. The maximum absolute atomic E-state index is 4.80. The first kappa shape index (κ1) is 10.3. The van der Waals surface area contributed by atoms with Crippen LogP contribution in [-0.2, 0) is 0 Å². The molecule has 1 heterocycles. The molecule has 0 amide bonds. The monoisotopic (exact) mass is 231 g/mol. The third kappa shape index (κ3) is 1.86. The van der Waals surface area contributed by atoms with Crippen LogP contribution in [0.15, 0.2) is 18.2 Å². The van der Waals surface area contributed by atoms with E-state index in [-0.39, 0.29) is 0 Å². The second-order valence-corrected chi connectivity index (χ2v) is 5.92. The Bertz CT molecular complexity index is 494. The minimum absolute atomic E-state index is 0.742. The molecule has 16 heavy (non-hydrogen) atoms. The van der Waals surface area contributed by atoms with Crippen LogP contribution in [0.25, 0.3) is 10.2 Å². The normalized spacial score (nSPS) is 18.1. The van der Waals surface area contributed by atoms with E-state index in [9.17, 15) is 0 Å². The second kappa shape index (κ2) is 4.17. The van der Waals surface area contributed by atoms with Gasteiger partial charge in [-0.2, -0.15) is 0 Å². The van der Waals surface area contributed by atoms with Gasteiger partial charge < -0.3 is 0 Å². The summed E-state index contributed by atoms with van der Waals surface area (Å²) in [5.74, 6) is 0.742. The van der Waals surface area contributed by atoms with E-state index in [0.29, 0.717) is 0 Å². The zero-order valence-electron chi connectivity index (χ0n) is 9.70. The number of benzene rings is 1. The lowest BCUT2D eigenvalue weighted by Crippen LogP contribution is -2.03. The largest absolute Gasteiger partial charge is 0.241 e. The molecule has 84 valence electrons. The summed E-state index contributed by atoms with van der Waals surface area (Å²) in [7, 11) is 0. The van der Waals surface area contributed by atoms with Crippen LogP contribution in [0, 0.1) is 6.92 Å². The summed E-state index contributed by atoms with van der Waals surface area (Å²) in [6.45, 7) is 2.15. The Morgan fingerprint density at radius 3 is 2.81 bits per heavy atom. The maximum atomic E-state index is 4.80. The number of fused-ring (bicyclic) bond motifs is 1. The van der Waals surface area contributed by atoms with Gasteiger partial charge in [-0.05, 0) is 37.5 Å². The summed E-state index contributed by atoms with van der Waals surface area (Å²) in [5, 5.41) is 1.38. The molecule has 1 aliphatic rings. The Kier molecular flexibility index (Phi) is 2.68. The molecule has 0 radical (unpaired) electrons. The van der Waals surface area contributed by atoms with Gasteiger partial charge >= 0.3 is 0 Å². The van der Waals surface area contributed by atoms with Crippen LogP contribution in [-0.4, -0.2) is 4.98 Å². The molecular weight excluding hydrogens is 214 g/mol. The minimum Gasteiger partial charge on any atom is -0.241 e. The molecule has 2 aromatic rings. The van der Waals surface area contributed by atoms with Crippen LogP contribution in [0.4, 0.5) is 0 Å². The molecule has 1 aromatic carbocycles. The predicted octanol–water partition coefficient (Wildman–Crippen LogP) is 4.65. The summed E-state index contributed by atoms with van der Waals surface area (Å²) >= 11 is 1.91. The molecule has 1 aliphatic carbocycles. The predicted molar refractivity (Wildman–Crippen MR) is 70.2 cm³/mol. The van der Waals surface area contributed by atoms with Gasteiger partial charge in [-0.15, -0.1) is 11.3 Å². The van der Waals surface area contributed by atoms with Crippen molar-refractivity contribution in [1.82, 2.24) is 4.98 Å². The van der Waals surface area contributed by atoms with Gasteiger partial charge in [-0.1, -0.05) is 25.3 Å². The molecular formula is C14H17NS. The third-order valence-electron chi connectivity index (χ3n) is 3.51. The number of aryl methyl sites for hydroxylation is 1. The molecule has 1 nitrogen and oxygen atoms in total. The summed E-state index contributed by atoms with van der Waals surface area (Å²) in [4.78, 5) is 4.80. The van der Waals surface area contributed by atoms with E-state index >= 15 is 0 Å². The molecule has 0 aliphatic heterocycles. The Hall–Kier alpha value is -0.890. The fourth-order valence-electron chi connectivity index (χ4n) is 2.57. The summed E-state index contributed by atoms with van der Waals surface area (Å²) < 4.78 is 1.36. The molecule has 1 aromatic heterocycles. The number of hydrogen-bond donors (Lipinski definition) is 0. The number of rotatable bonds is 1. The van der Waals surface area contributed by atoms with E-state index in [4.69, 9.17) is 4.98 Å². The van der Waals surface area contributed by atoms with Gasteiger partial charge in [0.2, 0.25) is 0 Å². The highest BCUT2D eigenvalue weighted by atomic mass is 32.1. The van der Waals surface area contributed by atoms with Gasteiger partial charge in [0.1, 0.15) is 0 Å². The molecule has 0 saturated heterocycles. The average Bonchev–Trinajstić information content (AvgIpc) is 2.73. The molecule has 0 N–H and O–H groups in total. The van der Waals surface area contributed by atoms with Crippen molar-refractivity contribution in [2.45, 2.75) is 44.9 Å². The molecule has 0 spiro atoms. The highest BCUT2D eigenvalue weighted by Crippen LogP contribution is 2.36. The molecule has 0 unspecified atom stereocenters. The van der Waals surface area contributed by atoms with Gasteiger partial charge in [0.15, 0.2) is 0 Å². The van der Waals surface area contributed by atoms with Crippen molar-refractivity contribution >= 4 is 21.6 Å². The van der Waals surface area contributed by atoms with Crippen molar-refractivity contribution in [3.05, 3.63) is 28.8 Å². The van der Waals surface area contributed by atoms with Crippen LogP contribution in [0.2, 0.25) is 0 Å². The first-order chi connectivity index (χ1) is 7.83. The van der Waals surface area contributed by atoms with Crippen LogP contribution < -0.4 is 0 Å². The molecule has 1 saturated carbocycles. The SMILES string of the molecule is Cc1ccc2nc(C3CCCCC3)sc2c1. The minimum atomic E-state index is 0.742. The first-order valence-corrected chi connectivity index (χ1v) is 7.02. The lowest BCUT2D eigenvalue weighted by Gasteiger charge is -2.18. The molecule has 2 heteroatoms. The van der Waals surface area contributed by atoms with Crippen molar-refractivity contribution in [3.63, 3.8) is 0 Å². The van der Waals surface area contributed by atoms with E-state index in [1.807, 2.05) is 11.3 Å². The average molecular weight is 231 g/mol. The van der Waals surface area contributed by atoms with Crippen LogP contribution in [0.3, 0.4) is 0 Å².